The molecule has 10 heteroatoms. The van der Waals surface area contributed by atoms with Crippen molar-refractivity contribution in [2.45, 2.75) is 36.9 Å². The van der Waals surface area contributed by atoms with Crippen molar-refractivity contribution in [3.05, 3.63) is 0 Å². The highest BCUT2D eigenvalue weighted by molar-refractivity contribution is 5.87. The minimum Gasteiger partial charge on any atom is -0.328 e. The van der Waals surface area contributed by atoms with Crippen molar-refractivity contribution in [3.63, 3.8) is 0 Å². The number of hydrogen-bond donors (Lipinski definition) is 0. The van der Waals surface area contributed by atoms with Crippen molar-refractivity contribution in [2.24, 2.45) is 0 Å². The van der Waals surface area contributed by atoms with E-state index in [2.05, 4.69) is 0 Å². The van der Waals surface area contributed by atoms with E-state index < -0.39 is 36.5 Å². The van der Waals surface area contributed by atoms with Gasteiger partial charge in [0.05, 0.1) is 6.04 Å². The van der Waals surface area contributed by atoms with Crippen LogP contribution in [-0.4, -0.2) is 47.7 Å². The summed E-state index contributed by atoms with van der Waals surface area (Å²) in [5.41, 5.74) is 0. The zero-order valence-corrected chi connectivity index (χ0v) is 9.19. The Hall–Kier alpha value is -1.35. The van der Waals surface area contributed by atoms with Gasteiger partial charge < -0.3 is 9.69 Å². The van der Waals surface area contributed by atoms with Crippen LogP contribution in [0.4, 0.5) is 30.7 Å². The molecule has 1 aliphatic heterocycles. The first-order valence-electron chi connectivity index (χ1n) is 5.05. The predicted molar refractivity (Wildman–Crippen MR) is 46.7 cm³/mol. The summed E-state index contributed by atoms with van der Waals surface area (Å²) in [5.74, 6) is -15.1. The van der Waals surface area contributed by atoms with Crippen LogP contribution in [0.25, 0.3) is 0 Å². The summed E-state index contributed by atoms with van der Waals surface area (Å²) in [6.45, 7) is -0.467. The molecule has 0 aliphatic carbocycles. The maximum absolute atomic E-state index is 13.1. The zero-order valence-electron chi connectivity index (χ0n) is 9.19. The highest BCUT2D eigenvalue weighted by atomic mass is 19.4. The van der Waals surface area contributed by atoms with Gasteiger partial charge in [0.1, 0.15) is 6.29 Å². The van der Waals surface area contributed by atoms with Crippen LogP contribution in [-0.2, 0) is 9.59 Å². The van der Waals surface area contributed by atoms with Crippen LogP contribution in [0, 0.1) is 0 Å². The van der Waals surface area contributed by atoms with Crippen molar-refractivity contribution >= 4 is 12.2 Å². The predicted octanol–water partition coefficient (Wildman–Crippen LogP) is 2.01. The summed E-state index contributed by atoms with van der Waals surface area (Å²) in [4.78, 5) is 21.7. The number of alkyl halides is 7. The molecule has 0 radical (unpaired) electrons. The van der Waals surface area contributed by atoms with Crippen molar-refractivity contribution in [1.82, 2.24) is 4.90 Å². The summed E-state index contributed by atoms with van der Waals surface area (Å²) in [5, 5.41) is 0. The van der Waals surface area contributed by atoms with Gasteiger partial charge in [-0.25, -0.2) is 0 Å². The monoisotopic (exact) mass is 295 g/mol. The number of carbonyl (C=O) groups is 2. The number of aldehydes is 1. The molecule has 1 rings (SSSR count). The first-order chi connectivity index (χ1) is 8.46. The van der Waals surface area contributed by atoms with Gasteiger partial charge >= 0.3 is 23.9 Å². The van der Waals surface area contributed by atoms with E-state index >= 15 is 0 Å². The second-order valence-corrected chi connectivity index (χ2v) is 3.99. The zero-order chi connectivity index (χ0) is 15.1. The molecular formula is C9H8F7NO2. The lowest BCUT2D eigenvalue weighted by Gasteiger charge is -2.31. The molecule has 0 aromatic heterocycles. The minimum atomic E-state index is -6.57. The molecule has 3 nitrogen and oxygen atoms in total. The molecule has 0 unspecified atom stereocenters. The lowest BCUT2D eigenvalue weighted by Crippen LogP contribution is -2.60. The average molecular weight is 295 g/mol. The number of nitrogens with zero attached hydrogens (tertiary/aromatic N) is 1. The van der Waals surface area contributed by atoms with E-state index in [-0.39, 0.29) is 24.0 Å². The van der Waals surface area contributed by atoms with Crippen molar-refractivity contribution in [3.8, 4) is 0 Å². The molecule has 1 fully saturated rings. The maximum atomic E-state index is 13.1. The quantitative estimate of drug-likeness (QED) is 0.590. The number of halogens is 7. The van der Waals surface area contributed by atoms with Crippen molar-refractivity contribution in [1.29, 1.82) is 0 Å². The topological polar surface area (TPSA) is 37.4 Å². The molecule has 0 saturated carbocycles. The van der Waals surface area contributed by atoms with E-state index in [0.717, 1.165) is 0 Å². The Morgan fingerprint density at radius 1 is 1.11 bits per heavy atom. The second-order valence-electron chi connectivity index (χ2n) is 3.99. The molecule has 0 aromatic carbocycles. The maximum Gasteiger partial charge on any atom is 0.460 e. The van der Waals surface area contributed by atoms with Gasteiger partial charge in [0, 0.05) is 6.54 Å². The number of amides is 1. The van der Waals surface area contributed by atoms with E-state index in [1.807, 2.05) is 0 Å². The fourth-order valence-corrected chi connectivity index (χ4v) is 1.68. The normalized spacial score (nSPS) is 21.6. The van der Waals surface area contributed by atoms with Gasteiger partial charge in [-0.05, 0) is 12.8 Å². The van der Waals surface area contributed by atoms with Crippen LogP contribution in [0.15, 0.2) is 0 Å². The molecule has 0 spiro atoms. The van der Waals surface area contributed by atoms with Gasteiger partial charge in [-0.2, -0.15) is 30.7 Å². The third-order valence-electron chi connectivity index (χ3n) is 2.74. The molecule has 1 saturated heterocycles. The fraction of sp³-hybridized carbons (Fsp3) is 0.778. The Morgan fingerprint density at radius 2 is 1.63 bits per heavy atom. The Kier molecular flexibility index (Phi) is 3.83. The first-order valence-corrected chi connectivity index (χ1v) is 5.05. The van der Waals surface area contributed by atoms with E-state index in [9.17, 15) is 40.3 Å². The lowest BCUT2D eigenvalue weighted by molar-refractivity contribution is -0.345. The average Bonchev–Trinajstić information content (AvgIpc) is 2.73. The van der Waals surface area contributed by atoms with Crippen LogP contribution in [0.1, 0.15) is 12.8 Å². The molecule has 0 N–H and O–H groups in total. The molecule has 0 aromatic rings. The molecule has 110 valence electrons. The standard InChI is InChI=1S/C9H8F7NO2/c10-7(11,8(12,13)9(14,15)16)6(19)17-3-1-2-5(17)4-18/h4-5H,1-3H2/t5-/m0/s1. The molecule has 1 amide bonds. The Bertz CT molecular complexity index is 379. The van der Waals surface area contributed by atoms with E-state index in [1.165, 1.54) is 0 Å². The molecule has 1 aliphatic rings. The third kappa shape index (κ3) is 2.39. The SMILES string of the molecule is O=C[C@@H]1CCCN1C(=O)C(F)(F)C(F)(F)C(F)(F)F. The highest BCUT2D eigenvalue weighted by Crippen LogP contribution is 2.47. The van der Waals surface area contributed by atoms with Gasteiger partial charge in [0.15, 0.2) is 0 Å². The lowest BCUT2D eigenvalue weighted by atomic mass is 10.1. The van der Waals surface area contributed by atoms with Crippen LogP contribution < -0.4 is 0 Å². The summed E-state index contributed by atoms with van der Waals surface area (Å²) < 4.78 is 87.1. The number of carbonyl (C=O) groups excluding carboxylic acids is 2. The van der Waals surface area contributed by atoms with Crippen LogP contribution in [0.2, 0.25) is 0 Å². The first kappa shape index (κ1) is 15.7. The molecule has 1 heterocycles. The van der Waals surface area contributed by atoms with Gasteiger partial charge in [0.2, 0.25) is 0 Å². The van der Waals surface area contributed by atoms with Crippen molar-refractivity contribution in [2.75, 3.05) is 6.54 Å². The second kappa shape index (κ2) is 4.64. The van der Waals surface area contributed by atoms with Crippen LogP contribution in [0.3, 0.4) is 0 Å². The minimum absolute atomic E-state index is 0.0483. The smallest absolute Gasteiger partial charge is 0.328 e. The molecule has 0 bridgehead atoms. The molecular weight excluding hydrogens is 287 g/mol. The number of likely N-dealkylation sites (tertiary alicyclic amines) is 1. The van der Waals surface area contributed by atoms with Gasteiger partial charge in [-0.15, -0.1) is 0 Å². The van der Waals surface area contributed by atoms with E-state index in [1.54, 1.807) is 0 Å². The van der Waals surface area contributed by atoms with E-state index in [0.29, 0.717) is 0 Å². The summed E-state index contributed by atoms with van der Waals surface area (Å²) in [7, 11) is 0. The van der Waals surface area contributed by atoms with Crippen LogP contribution in [0.5, 0.6) is 0 Å². The summed E-state index contributed by atoms with van der Waals surface area (Å²) in [6, 6.07) is -1.40. The number of rotatable bonds is 3. The highest BCUT2D eigenvalue weighted by Gasteiger charge is 2.77. The van der Waals surface area contributed by atoms with Crippen LogP contribution >= 0.6 is 0 Å². The largest absolute Gasteiger partial charge is 0.460 e. The fourth-order valence-electron chi connectivity index (χ4n) is 1.68. The van der Waals surface area contributed by atoms with Gasteiger partial charge in [-0.3, -0.25) is 4.79 Å². The molecule has 19 heavy (non-hydrogen) atoms. The summed E-state index contributed by atoms with van der Waals surface area (Å²) >= 11 is 0. The third-order valence-corrected chi connectivity index (χ3v) is 2.74. The molecule has 1 atom stereocenters. The van der Waals surface area contributed by atoms with E-state index in [4.69, 9.17) is 0 Å². The Balaban J connectivity index is 3.06. The Morgan fingerprint density at radius 3 is 2.05 bits per heavy atom. The number of hydrogen-bond acceptors (Lipinski definition) is 2. The van der Waals surface area contributed by atoms with Crippen molar-refractivity contribution < 1.29 is 40.3 Å². The summed E-state index contributed by atoms with van der Waals surface area (Å²) in [6.07, 6.45) is -6.49. The van der Waals surface area contributed by atoms with Gasteiger partial charge in [-0.1, -0.05) is 0 Å². The van der Waals surface area contributed by atoms with Gasteiger partial charge in [0.25, 0.3) is 0 Å². The Labute approximate surface area is 102 Å².